The standard InChI is InChI=1S/C12H16OS/c13-8-12(4-5-12)7-10-6-9-2-1-3-11(9)14-10/h6,13H,1-5,7-8H2. The van der Waals surface area contributed by atoms with Crippen LogP contribution in [0, 0.1) is 5.41 Å². The van der Waals surface area contributed by atoms with Crippen LogP contribution in [0.4, 0.5) is 0 Å². The fourth-order valence-electron chi connectivity index (χ4n) is 2.41. The molecule has 0 atom stereocenters. The minimum Gasteiger partial charge on any atom is -0.396 e. The maximum atomic E-state index is 9.27. The Morgan fingerprint density at radius 1 is 1.36 bits per heavy atom. The summed E-state index contributed by atoms with van der Waals surface area (Å²) < 4.78 is 0. The summed E-state index contributed by atoms with van der Waals surface area (Å²) in [6.07, 6.45) is 7.52. The fourth-order valence-corrected chi connectivity index (χ4v) is 3.85. The van der Waals surface area contributed by atoms with E-state index in [1.807, 2.05) is 11.3 Å². The van der Waals surface area contributed by atoms with Crippen molar-refractivity contribution in [1.29, 1.82) is 0 Å². The molecule has 1 aromatic heterocycles. The molecule has 2 heteroatoms. The summed E-state index contributed by atoms with van der Waals surface area (Å²) >= 11 is 1.99. The molecule has 1 saturated carbocycles. The van der Waals surface area contributed by atoms with E-state index < -0.39 is 0 Å². The lowest BCUT2D eigenvalue weighted by atomic mass is 10.0. The Morgan fingerprint density at radius 3 is 2.86 bits per heavy atom. The molecule has 0 amide bonds. The summed E-state index contributed by atoms with van der Waals surface area (Å²) in [4.78, 5) is 3.13. The van der Waals surface area contributed by atoms with E-state index in [1.165, 1.54) is 37.0 Å². The van der Waals surface area contributed by atoms with E-state index in [0.29, 0.717) is 12.0 Å². The van der Waals surface area contributed by atoms with Gasteiger partial charge < -0.3 is 5.11 Å². The molecule has 1 aromatic rings. The highest BCUT2D eigenvalue weighted by atomic mass is 32.1. The maximum Gasteiger partial charge on any atom is 0.0490 e. The molecule has 1 nitrogen and oxygen atoms in total. The second-order valence-electron chi connectivity index (χ2n) is 4.85. The first-order valence-electron chi connectivity index (χ1n) is 5.53. The molecule has 76 valence electrons. The molecular formula is C12H16OS. The van der Waals surface area contributed by atoms with Crippen LogP contribution in [0.5, 0.6) is 0 Å². The molecule has 1 heterocycles. The number of rotatable bonds is 3. The second-order valence-corrected chi connectivity index (χ2v) is 6.07. The topological polar surface area (TPSA) is 20.2 Å². The lowest BCUT2D eigenvalue weighted by Crippen LogP contribution is -2.08. The summed E-state index contributed by atoms with van der Waals surface area (Å²) in [6, 6.07) is 2.39. The number of aryl methyl sites for hydroxylation is 2. The van der Waals surface area contributed by atoms with E-state index in [0.717, 1.165) is 6.42 Å². The fraction of sp³-hybridized carbons (Fsp3) is 0.667. The lowest BCUT2D eigenvalue weighted by molar-refractivity contribution is 0.212. The van der Waals surface area contributed by atoms with Gasteiger partial charge in [0.15, 0.2) is 0 Å². The molecule has 1 fully saturated rings. The third-order valence-electron chi connectivity index (χ3n) is 3.64. The minimum absolute atomic E-state index is 0.290. The molecule has 14 heavy (non-hydrogen) atoms. The van der Waals surface area contributed by atoms with Crippen molar-refractivity contribution < 1.29 is 5.11 Å². The molecule has 0 aliphatic heterocycles. The van der Waals surface area contributed by atoms with Crippen LogP contribution < -0.4 is 0 Å². The third-order valence-corrected chi connectivity index (χ3v) is 4.88. The van der Waals surface area contributed by atoms with Crippen LogP contribution in [0.2, 0.25) is 0 Å². The van der Waals surface area contributed by atoms with Crippen LogP contribution >= 0.6 is 11.3 Å². The Balaban J connectivity index is 1.78. The van der Waals surface area contributed by atoms with Crippen LogP contribution in [-0.4, -0.2) is 11.7 Å². The molecule has 0 aromatic carbocycles. The highest BCUT2D eigenvalue weighted by Crippen LogP contribution is 2.49. The summed E-state index contributed by atoms with van der Waals surface area (Å²) in [5.41, 5.74) is 1.89. The van der Waals surface area contributed by atoms with Crippen LogP contribution in [0.3, 0.4) is 0 Å². The largest absolute Gasteiger partial charge is 0.396 e. The van der Waals surface area contributed by atoms with E-state index in [-0.39, 0.29) is 0 Å². The molecule has 3 rings (SSSR count). The van der Waals surface area contributed by atoms with Gasteiger partial charge in [0.1, 0.15) is 0 Å². The SMILES string of the molecule is OCC1(Cc2cc3c(s2)CCC3)CC1. The van der Waals surface area contributed by atoms with E-state index >= 15 is 0 Å². The zero-order valence-electron chi connectivity index (χ0n) is 8.38. The quantitative estimate of drug-likeness (QED) is 0.809. The predicted octanol–water partition coefficient (Wildman–Crippen LogP) is 2.55. The van der Waals surface area contributed by atoms with Crippen LogP contribution in [0.15, 0.2) is 6.07 Å². The van der Waals surface area contributed by atoms with Gasteiger partial charge in [-0.1, -0.05) is 0 Å². The molecule has 1 N–H and O–H groups in total. The first-order valence-corrected chi connectivity index (χ1v) is 6.34. The Kier molecular flexibility index (Phi) is 1.96. The highest BCUT2D eigenvalue weighted by molar-refractivity contribution is 7.12. The highest BCUT2D eigenvalue weighted by Gasteiger charge is 2.42. The van der Waals surface area contributed by atoms with E-state index in [2.05, 4.69) is 6.07 Å². The number of fused-ring (bicyclic) bond motifs is 1. The van der Waals surface area contributed by atoms with Gasteiger partial charge in [0.25, 0.3) is 0 Å². The molecule has 0 bridgehead atoms. The third kappa shape index (κ3) is 1.41. The number of aliphatic hydroxyl groups is 1. The van der Waals surface area contributed by atoms with Gasteiger partial charge in [-0.15, -0.1) is 11.3 Å². The molecule has 2 aliphatic carbocycles. The van der Waals surface area contributed by atoms with Gasteiger partial charge in [-0.2, -0.15) is 0 Å². The Labute approximate surface area is 88.8 Å². The van der Waals surface area contributed by atoms with Crippen molar-refractivity contribution in [3.63, 3.8) is 0 Å². The Morgan fingerprint density at radius 2 is 2.21 bits per heavy atom. The summed E-state index contributed by atoms with van der Waals surface area (Å²) in [7, 11) is 0. The smallest absolute Gasteiger partial charge is 0.0490 e. The van der Waals surface area contributed by atoms with Crippen LogP contribution in [-0.2, 0) is 19.3 Å². The van der Waals surface area contributed by atoms with Gasteiger partial charge in [0.05, 0.1) is 0 Å². The Bertz CT molecular complexity index is 328. The van der Waals surface area contributed by atoms with Crippen LogP contribution in [0.25, 0.3) is 0 Å². The van der Waals surface area contributed by atoms with Crippen molar-refractivity contribution in [3.8, 4) is 0 Å². The average molecular weight is 208 g/mol. The van der Waals surface area contributed by atoms with Gasteiger partial charge >= 0.3 is 0 Å². The second kappa shape index (κ2) is 3.07. The molecule has 2 aliphatic rings. The molecule has 0 radical (unpaired) electrons. The zero-order chi connectivity index (χ0) is 9.60. The number of thiophene rings is 1. The molecule has 0 spiro atoms. The van der Waals surface area contributed by atoms with E-state index in [4.69, 9.17) is 0 Å². The van der Waals surface area contributed by atoms with Crippen molar-refractivity contribution in [1.82, 2.24) is 0 Å². The van der Waals surface area contributed by atoms with Gasteiger partial charge in [0, 0.05) is 16.4 Å². The summed E-state index contributed by atoms with van der Waals surface area (Å²) in [6.45, 7) is 0.384. The average Bonchev–Trinajstić information content (AvgIpc) is 2.62. The van der Waals surface area contributed by atoms with E-state index in [1.54, 1.807) is 10.4 Å². The van der Waals surface area contributed by atoms with Gasteiger partial charge in [-0.05, 0) is 55.6 Å². The van der Waals surface area contributed by atoms with Crippen molar-refractivity contribution in [2.75, 3.05) is 6.61 Å². The van der Waals surface area contributed by atoms with E-state index in [9.17, 15) is 5.11 Å². The van der Waals surface area contributed by atoms with Crippen LogP contribution in [0.1, 0.15) is 34.6 Å². The minimum atomic E-state index is 0.290. The van der Waals surface area contributed by atoms with Gasteiger partial charge in [-0.25, -0.2) is 0 Å². The normalized spacial score (nSPS) is 22.4. The molecular weight excluding hydrogens is 192 g/mol. The van der Waals surface area contributed by atoms with Gasteiger partial charge in [0.2, 0.25) is 0 Å². The number of hydrogen-bond donors (Lipinski definition) is 1. The maximum absolute atomic E-state index is 9.27. The van der Waals surface area contributed by atoms with Gasteiger partial charge in [-0.3, -0.25) is 0 Å². The predicted molar refractivity (Wildman–Crippen MR) is 58.8 cm³/mol. The first kappa shape index (κ1) is 8.93. The van der Waals surface area contributed by atoms with Crippen molar-refractivity contribution >= 4 is 11.3 Å². The Hall–Kier alpha value is -0.340. The summed E-state index contributed by atoms with van der Waals surface area (Å²) in [5.74, 6) is 0. The first-order chi connectivity index (χ1) is 6.81. The summed E-state index contributed by atoms with van der Waals surface area (Å²) in [5, 5.41) is 9.27. The monoisotopic (exact) mass is 208 g/mol. The van der Waals surface area contributed by atoms with Crippen molar-refractivity contribution in [3.05, 3.63) is 21.4 Å². The number of aliphatic hydroxyl groups excluding tert-OH is 1. The lowest BCUT2D eigenvalue weighted by Gasteiger charge is -2.08. The molecule has 0 saturated heterocycles. The number of hydrogen-bond acceptors (Lipinski definition) is 2. The molecule has 0 unspecified atom stereocenters. The van der Waals surface area contributed by atoms with Crippen molar-refractivity contribution in [2.24, 2.45) is 5.41 Å². The zero-order valence-corrected chi connectivity index (χ0v) is 9.20. The van der Waals surface area contributed by atoms with Crippen molar-refractivity contribution in [2.45, 2.75) is 38.5 Å².